The quantitative estimate of drug-likeness (QED) is 0.262. The second-order valence-corrected chi connectivity index (χ2v) is 3.31. The molecule has 0 aliphatic heterocycles. The average molecular weight is 436 g/mol. The Morgan fingerprint density at radius 2 is 0.667 bits per heavy atom. The van der Waals surface area contributed by atoms with Crippen molar-refractivity contribution >= 4 is 69.2 Å². The minimum atomic E-state index is 0. The van der Waals surface area contributed by atoms with Gasteiger partial charge in [0, 0.05) is 0 Å². The summed E-state index contributed by atoms with van der Waals surface area (Å²) in [6.45, 7) is 12.1. The molecule has 1 aliphatic carbocycles. The number of halogens is 3. The molecule has 15 heavy (non-hydrogen) atoms. The van der Waals surface area contributed by atoms with Gasteiger partial charge in [-0.3, -0.25) is 0 Å². The van der Waals surface area contributed by atoms with E-state index in [1.54, 1.807) is 0 Å². The summed E-state index contributed by atoms with van der Waals surface area (Å²) < 4.78 is 0. The molecule has 0 atom stereocenters. The molecule has 1 aliphatic rings. The summed E-state index contributed by atoms with van der Waals surface area (Å²) in [5.74, 6) is 1.84. The van der Waals surface area contributed by atoms with Crippen LogP contribution in [0.15, 0.2) is 0 Å². The normalized spacial score (nSPS) is 27.0. The molecular weight excluding hydrogens is 421 g/mol. The molecule has 0 bridgehead atoms. The van der Waals surface area contributed by atoms with Crippen LogP contribution in [-0.2, 0) is 0 Å². The van der Waals surface area contributed by atoms with Crippen LogP contribution >= 0.6 is 0 Å². The first-order chi connectivity index (χ1) is 4.18. The van der Waals surface area contributed by atoms with Crippen molar-refractivity contribution in [2.75, 3.05) is 0 Å². The van der Waals surface area contributed by atoms with Crippen LogP contribution in [0.5, 0.6) is 0 Å². The van der Waals surface area contributed by atoms with Crippen LogP contribution in [0.25, 0.3) is 0 Å². The summed E-state index contributed by atoms with van der Waals surface area (Å²) in [7, 11) is 0. The number of rotatable bonds is 0. The summed E-state index contributed by atoms with van der Waals surface area (Å²) in [6.07, 6.45) is 3.60. The standard InChI is InChI=1S/C9H15.3BrH.3Mg/c1-7-4-8(2)6-9(3)5-7;;;;;;/h7-9H,1-6H2;3*1H;;;/q-3;;;;3*+2/p-3. The molecule has 0 aromatic heterocycles. The van der Waals surface area contributed by atoms with Crippen molar-refractivity contribution < 1.29 is 50.9 Å². The molecule has 0 spiro atoms. The van der Waals surface area contributed by atoms with Crippen LogP contribution in [0.1, 0.15) is 19.3 Å². The average Bonchev–Trinajstić information content (AvgIpc) is 1.59. The predicted molar refractivity (Wildman–Crippen MR) is 57.7 cm³/mol. The third-order valence-electron chi connectivity index (χ3n) is 2.00. The largest absolute Gasteiger partial charge is 2.00 e. The summed E-state index contributed by atoms with van der Waals surface area (Å²) in [5.41, 5.74) is 0. The molecule has 1 rings (SSSR count). The fourth-order valence-electron chi connectivity index (χ4n) is 1.70. The monoisotopic (exact) mass is 432 g/mol. The minimum Gasteiger partial charge on any atom is -1.00 e. The Morgan fingerprint density at radius 1 is 0.533 bits per heavy atom. The topological polar surface area (TPSA) is 0 Å². The van der Waals surface area contributed by atoms with Crippen LogP contribution in [0.4, 0.5) is 0 Å². The zero-order valence-electron chi connectivity index (χ0n) is 9.23. The zero-order valence-corrected chi connectivity index (χ0v) is 18.2. The molecule has 6 heteroatoms. The fraction of sp³-hybridized carbons (Fsp3) is 0.667. The minimum absolute atomic E-state index is 0. The molecule has 0 N–H and O–H groups in total. The van der Waals surface area contributed by atoms with Crippen LogP contribution in [0.2, 0.25) is 0 Å². The van der Waals surface area contributed by atoms with Crippen LogP contribution < -0.4 is 50.9 Å². The van der Waals surface area contributed by atoms with Gasteiger partial charge in [0.2, 0.25) is 0 Å². The summed E-state index contributed by atoms with van der Waals surface area (Å²) in [6, 6.07) is 0. The maximum atomic E-state index is 4.02. The molecule has 0 saturated heterocycles. The Labute approximate surface area is 175 Å². The third kappa shape index (κ3) is 17.7. The van der Waals surface area contributed by atoms with Gasteiger partial charge in [0.05, 0.1) is 0 Å². The van der Waals surface area contributed by atoms with E-state index in [9.17, 15) is 0 Å². The van der Waals surface area contributed by atoms with Gasteiger partial charge >= 0.3 is 69.2 Å². The zero-order chi connectivity index (χ0) is 6.85. The van der Waals surface area contributed by atoms with Crippen molar-refractivity contribution in [1.29, 1.82) is 0 Å². The predicted octanol–water partition coefficient (Wildman–Crippen LogP) is -7.61. The third-order valence-corrected chi connectivity index (χ3v) is 2.00. The molecule has 0 radical (unpaired) electrons. The van der Waals surface area contributed by atoms with E-state index in [2.05, 4.69) is 20.8 Å². The van der Waals surface area contributed by atoms with Crippen molar-refractivity contribution in [3.63, 3.8) is 0 Å². The van der Waals surface area contributed by atoms with Crippen molar-refractivity contribution in [1.82, 2.24) is 0 Å². The van der Waals surface area contributed by atoms with Gasteiger partial charge in [0.1, 0.15) is 0 Å². The van der Waals surface area contributed by atoms with E-state index in [0.717, 1.165) is 0 Å². The van der Waals surface area contributed by atoms with E-state index >= 15 is 0 Å². The second kappa shape index (κ2) is 20.1. The van der Waals surface area contributed by atoms with Crippen molar-refractivity contribution in [3.05, 3.63) is 20.8 Å². The van der Waals surface area contributed by atoms with E-state index in [1.807, 2.05) is 0 Å². The van der Waals surface area contributed by atoms with Gasteiger partial charge in [0.25, 0.3) is 0 Å². The van der Waals surface area contributed by atoms with E-state index < -0.39 is 0 Å². The van der Waals surface area contributed by atoms with Gasteiger partial charge in [-0.2, -0.15) is 17.8 Å². The molecule has 0 heterocycles. The van der Waals surface area contributed by atoms with E-state index in [-0.39, 0.29) is 120 Å². The molecule has 0 nitrogen and oxygen atoms in total. The Balaban J connectivity index is -0.0000000337. The summed E-state index contributed by atoms with van der Waals surface area (Å²) >= 11 is 0. The van der Waals surface area contributed by atoms with E-state index in [4.69, 9.17) is 0 Å². The Bertz CT molecular complexity index is 81.6. The van der Waals surface area contributed by atoms with Crippen LogP contribution in [0, 0.1) is 38.5 Å². The second-order valence-electron chi connectivity index (χ2n) is 3.31. The Kier molecular flexibility index (Phi) is 48.6. The van der Waals surface area contributed by atoms with Gasteiger partial charge in [-0.25, -0.2) is 0 Å². The van der Waals surface area contributed by atoms with Crippen molar-refractivity contribution in [2.24, 2.45) is 17.8 Å². The maximum Gasteiger partial charge on any atom is 2.00 e. The molecule has 1 saturated carbocycles. The van der Waals surface area contributed by atoms with Crippen LogP contribution in [-0.4, -0.2) is 69.2 Å². The first-order valence-electron chi connectivity index (χ1n) is 3.67. The Morgan fingerprint density at radius 3 is 0.800 bits per heavy atom. The summed E-state index contributed by atoms with van der Waals surface area (Å²) in [4.78, 5) is 0. The first-order valence-corrected chi connectivity index (χ1v) is 3.67. The molecule has 0 unspecified atom stereocenters. The Hall–Kier alpha value is 3.74. The maximum absolute atomic E-state index is 4.02. The molecule has 0 aromatic carbocycles. The number of hydrogen-bond donors (Lipinski definition) is 0. The summed E-state index contributed by atoms with van der Waals surface area (Å²) in [5, 5.41) is 0. The van der Waals surface area contributed by atoms with Gasteiger partial charge in [-0.15, -0.1) is 19.3 Å². The van der Waals surface area contributed by atoms with Crippen LogP contribution in [0.3, 0.4) is 0 Å². The SMILES string of the molecule is [Br-].[Br-].[Br-].[CH2-]C1CC([CH2-])CC([CH2-])C1.[Mg+2].[Mg+2].[Mg+2]. The smallest absolute Gasteiger partial charge is 1.00 e. The van der Waals surface area contributed by atoms with Gasteiger partial charge < -0.3 is 71.7 Å². The molecule has 78 valence electrons. The van der Waals surface area contributed by atoms with Crippen molar-refractivity contribution in [2.45, 2.75) is 19.3 Å². The van der Waals surface area contributed by atoms with Crippen molar-refractivity contribution in [3.8, 4) is 0 Å². The van der Waals surface area contributed by atoms with Gasteiger partial charge in [0.15, 0.2) is 0 Å². The number of hydrogen-bond acceptors (Lipinski definition) is 0. The van der Waals surface area contributed by atoms with Gasteiger partial charge in [-0.1, -0.05) is 0 Å². The molecular formula is C9H15Br3Mg3. The molecule has 0 amide bonds. The molecule has 0 aromatic rings. The van der Waals surface area contributed by atoms with E-state index in [1.165, 1.54) is 19.3 Å². The fourth-order valence-corrected chi connectivity index (χ4v) is 1.70. The first kappa shape index (κ1) is 36.3. The molecule has 1 fully saturated rings. The van der Waals surface area contributed by atoms with Gasteiger partial charge in [-0.05, 0) is 0 Å². The van der Waals surface area contributed by atoms with E-state index in [0.29, 0.717) is 17.8 Å².